The van der Waals surface area contributed by atoms with E-state index in [9.17, 15) is 0 Å². The normalized spacial score (nSPS) is 10.4. The molecule has 0 heterocycles. The molecule has 12 heavy (non-hydrogen) atoms. The molecule has 0 rings (SSSR count). The first-order chi connectivity index (χ1) is 5.70. The molecule has 3 nitrogen and oxygen atoms in total. The minimum Gasteiger partial charge on any atom is -0.355 e. The topological polar surface area (TPSA) is 30.5 Å². The van der Waals surface area contributed by atoms with Crippen molar-refractivity contribution in [1.29, 1.82) is 0 Å². The highest BCUT2D eigenvalue weighted by Crippen LogP contribution is 1.88. The van der Waals surface area contributed by atoms with Gasteiger partial charge in [-0.2, -0.15) is 0 Å². The minimum atomic E-state index is -0.143. The van der Waals surface area contributed by atoms with Crippen LogP contribution in [0.15, 0.2) is 11.6 Å². The first kappa shape index (κ1) is 11.6. The van der Waals surface area contributed by atoms with Crippen molar-refractivity contribution in [3.8, 4) is 0 Å². The number of methoxy groups -OCH3 is 2. The minimum absolute atomic E-state index is 0.143. The second-order valence-electron chi connectivity index (χ2n) is 2.84. The molecule has 0 saturated carbocycles. The van der Waals surface area contributed by atoms with Crippen LogP contribution in [0.1, 0.15) is 13.8 Å². The van der Waals surface area contributed by atoms with E-state index in [0.29, 0.717) is 0 Å². The van der Waals surface area contributed by atoms with Crippen LogP contribution in [0.5, 0.6) is 0 Å². The molecule has 0 aromatic rings. The molecule has 0 amide bonds. The summed E-state index contributed by atoms with van der Waals surface area (Å²) in [6.45, 7) is 5.74. The summed E-state index contributed by atoms with van der Waals surface area (Å²) >= 11 is 0. The summed E-state index contributed by atoms with van der Waals surface area (Å²) in [7, 11) is 3.27. The zero-order valence-electron chi connectivity index (χ0n) is 8.39. The SMILES string of the molecule is COC(CNCC=C(C)C)OC. The molecule has 0 aliphatic carbocycles. The van der Waals surface area contributed by atoms with Gasteiger partial charge in [0.15, 0.2) is 6.29 Å². The van der Waals surface area contributed by atoms with Crippen LogP contribution in [0.25, 0.3) is 0 Å². The van der Waals surface area contributed by atoms with Gasteiger partial charge in [0.25, 0.3) is 0 Å². The van der Waals surface area contributed by atoms with Crippen molar-refractivity contribution in [1.82, 2.24) is 5.32 Å². The molecule has 0 fully saturated rings. The number of hydrogen-bond donors (Lipinski definition) is 1. The zero-order chi connectivity index (χ0) is 9.40. The average molecular weight is 173 g/mol. The highest BCUT2D eigenvalue weighted by atomic mass is 16.7. The summed E-state index contributed by atoms with van der Waals surface area (Å²) in [5, 5.41) is 3.19. The second kappa shape index (κ2) is 7.28. The summed E-state index contributed by atoms with van der Waals surface area (Å²) < 4.78 is 10.0. The Bertz CT molecular complexity index is 126. The molecule has 3 heteroatoms. The lowest BCUT2D eigenvalue weighted by atomic mass is 10.3. The fourth-order valence-corrected chi connectivity index (χ4v) is 0.740. The summed E-state index contributed by atoms with van der Waals surface area (Å²) in [5.74, 6) is 0. The maximum Gasteiger partial charge on any atom is 0.169 e. The molecular formula is C9H19NO2. The third-order valence-corrected chi connectivity index (χ3v) is 1.49. The van der Waals surface area contributed by atoms with Gasteiger partial charge >= 0.3 is 0 Å². The molecule has 0 aromatic heterocycles. The van der Waals surface area contributed by atoms with Crippen molar-refractivity contribution < 1.29 is 9.47 Å². The van der Waals surface area contributed by atoms with E-state index in [1.54, 1.807) is 14.2 Å². The lowest BCUT2D eigenvalue weighted by molar-refractivity contribution is -0.0983. The molecule has 0 radical (unpaired) electrons. The molecule has 0 saturated heterocycles. The molecule has 0 aliphatic heterocycles. The quantitative estimate of drug-likeness (QED) is 0.371. The highest BCUT2D eigenvalue weighted by Gasteiger charge is 2.01. The van der Waals surface area contributed by atoms with E-state index < -0.39 is 0 Å². The summed E-state index contributed by atoms with van der Waals surface area (Å²) in [6, 6.07) is 0. The maximum absolute atomic E-state index is 5.00. The first-order valence-electron chi connectivity index (χ1n) is 4.10. The van der Waals surface area contributed by atoms with Crippen molar-refractivity contribution >= 4 is 0 Å². The van der Waals surface area contributed by atoms with Crippen molar-refractivity contribution in [2.75, 3.05) is 27.3 Å². The Kier molecular flexibility index (Phi) is 7.05. The largest absolute Gasteiger partial charge is 0.355 e. The van der Waals surface area contributed by atoms with Gasteiger partial charge in [-0.3, -0.25) is 0 Å². The van der Waals surface area contributed by atoms with Crippen LogP contribution in [-0.2, 0) is 9.47 Å². The van der Waals surface area contributed by atoms with Crippen molar-refractivity contribution in [2.24, 2.45) is 0 Å². The lowest BCUT2D eigenvalue weighted by Crippen LogP contribution is -2.29. The van der Waals surface area contributed by atoms with Gasteiger partial charge in [0.1, 0.15) is 0 Å². The molecule has 0 bridgehead atoms. The second-order valence-corrected chi connectivity index (χ2v) is 2.84. The van der Waals surface area contributed by atoms with Crippen molar-refractivity contribution in [3.05, 3.63) is 11.6 Å². The predicted octanol–water partition coefficient (Wildman–Crippen LogP) is 1.16. The Morgan fingerprint density at radius 2 is 1.92 bits per heavy atom. The van der Waals surface area contributed by atoms with Crippen LogP contribution in [0.2, 0.25) is 0 Å². The maximum atomic E-state index is 5.00. The Balaban J connectivity index is 3.35. The third kappa shape index (κ3) is 6.34. The molecule has 0 unspecified atom stereocenters. The summed E-state index contributed by atoms with van der Waals surface area (Å²) in [5.41, 5.74) is 1.31. The molecule has 1 N–H and O–H groups in total. The van der Waals surface area contributed by atoms with Crippen molar-refractivity contribution in [3.63, 3.8) is 0 Å². The van der Waals surface area contributed by atoms with E-state index in [2.05, 4.69) is 25.2 Å². The number of hydrogen-bond acceptors (Lipinski definition) is 3. The van der Waals surface area contributed by atoms with Gasteiger partial charge in [-0.25, -0.2) is 0 Å². The van der Waals surface area contributed by atoms with Crippen LogP contribution in [0.3, 0.4) is 0 Å². The lowest BCUT2D eigenvalue weighted by Gasteiger charge is -2.12. The Morgan fingerprint density at radius 1 is 1.33 bits per heavy atom. The van der Waals surface area contributed by atoms with Gasteiger partial charge in [-0.1, -0.05) is 11.6 Å². The van der Waals surface area contributed by atoms with E-state index in [0.717, 1.165) is 13.1 Å². The van der Waals surface area contributed by atoms with E-state index in [4.69, 9.17) is 9.47 Å². The van der Waals surface area contributed by atoms with E-state index in [1.807, 2.05) is 0 Å². The molecular weight excluding hydrogens is 154 g/mol. The summed E-state index contributed by atoms with van der Waals surface area (Å²) in [6.07, 6.45) is 1.98. The van der Waals surface area contributed by atoms with Crippen LogP contribution >= 0.6 is 0 Å². The molecule has 0 aliphatic rings. The van der Waals surface area contributed by atoms with Gasteiger partial charge in [-0.15, -0.1) is 0 Å². The predicted molar refractivity (Wildman–Crippen MR) is 50.1 cm³/mol. The standard InChI is InChI=1S/C9H19NO2/c1-8(2)5-6-10-7-9(11-3)12-4/h5,9-10H,6-7H2,1-4H3. The monoisotopic (exact) mass is 173 g/mol. The molecule has 0 atom stereocenters. The van der Waals surface area contributed by atoms with Crippen LogP contribution in [0.4, 0.5) is 0 Å². The van der Waals surface area contributed by atoms with Gasteiger partial charge < -0.3 is 14.8 Å². The van der Waals surface area contributed by atoms with Crippen LogP contribution in [-0.4, -0.2) is 33.6 Å². The number of rotatable bonds is 6. The Morgan fingerprint density at radius 3 is 2.33 bits per heavy atom. The Hall–Kier alpha value is -0.380. The van der Waals surface area contributed by atoms with Gasteiger partial charge in [0, 0.05) is 27.3 Å². The number of allylic oxidation sites excluding steroid dienone is 1. The fourth-order valence-electron chi connectivity index (χ4n) is 0.740. The van der Waals surface area contributed by atoms with Crippen LogP contribution < -0.4 is 5.32 Å². The fraction of sp³-hybridized carbons (Fsp3) is 0.778. The van der Waals surface area contributed by atoms with Gasteiger partial charge in [0.05, 0.1) is 0 Å². The van der Waals surface area contributed by atoms with Gasteiger partial charge in [-0.05, 0) is 13.8 Å². The van der Waals surface area contributed by atoms with Crippen LogP contribution in [0, 0.1) is 0 Å². The molecule has 0 spiro atoms. The van der Waals surface area contributed by atoms with Crippen molar-refractivity contribution in [2.45, 2.75) is 20.1 Å². The Labute approximate surface area is 74.7 Å². The number of ether oxygens (including phenoxy) is 2. The molecule has 72 valence electrons. The third-order valence-electron chi connectivity index (χ3n) is 1.49. The van der Waals surface area contributed by atoms with Gasteiger partial charge in [0.2, 0.25) is 0 Å². The average Bonchev–Trinajstić information content (AvgIpc) is 2.04. The van der Waals surface area contributed by atoms with E-state index in [1.165, 1.54) is 5.57 Å². The highest BCUT2D eigenvalue weighted by molar-refractivity contribution is 4.94. The zero-order valence-corrected chi connectivity index (χ0v) is 8.39. The first-order valence-corrected chi connectivity index (χ1v) is 4.10. The molecule has 0 aromatic carbocycles. The van der Waals surface area contributed by atoms with E-state index >= 15 is 0 Å². The summed E-state index contributed by atoms with van der Waals surface area (Å²) in [4.78, 5) is 0. The van der Waals surface area contributed by atoms with E-state index in [-0.39, 0.29) is 6.29 Å². The number of nitrogens with one attached hydrogen (secondary N) is 1. The smallest absolute Gasteiger partial charge is 0.169 e.